The summed E-state index contributed by atoms with van der Waals surface area (Å²) in [6, 6.07) is 0.732. The number of aliphatic hydroxyl groups is 1. The van der Waals surface area contributed by atoms with Gasteiger partial charge in [0.25, 0.3) is 0 Å². The van der Waals surface area contributed by atoms with E-state index in [0.717, 1.165) is 24.4 Å². The second kappa shape index (κ2) is 5.99. The van der Waals surface area contributed by atoms with Crippen LogP contribution in [0.3, 0.4) is 0 Å². The molecule has 2 aliphatic rings. The smallest absolute Gasteiger partial charge is 0.0558 e. The lowest BCUT2D eigenvalue weighted by Gasteiger charge is -2.32. The standard InChI is InChI=1S/C13H26N2O/c1-11(13-2-3-13)14-10-12-4-6-15(7-5-12)8-9-16/h11-14,16H,2-10H2,1H3. The van der Waals surface area contributed by atoms with Crippen molar-refractivity contribution in [1.82, 2.24) is 10.2 Å². The van der Waals surface area contributed by atoms with E-state index in [-0.39, 0.29) is 0 Å². The van der Waals surface area contributed by atoms with Crippen molar-refractivity contribution in [2.45, 2.75) is 38.6 Å². The average Bonchev–Trinajstić information content (AvgIpc) is 3.12. The fourth-order valence-corrected chi connectivity index (χ4v) is 2.67. The Bertz CT molecular complexity index is 198. The first-order chi connectivity index (χ1) is 7.79. The van der Waals surface area contributed by atoms with Crippen molar-refractivity contribution in [1.29, 1.82) is 0 Å². The topological polar surface area (TPSA) is 35.5 Å². The zero-order valence-electron chi connectivity index (χ0n) is 10.5. The molecule has 0 amide bonds. The largest absolute Gasteiger partial charge is 0.395 e. The molecule has 1 saturated heterocycles. The van der Waals surface area contributed by atoms with E-state index in [1.807, 2.05) is 0 Å². The number of nitrogens with zero attached hydrogens (tertiary/aromatic N) is 1. The molecule has 0 radical (unpaired) electrons. The van der Waals surface area contributed by atoms with E-state index < -0.39 is 0 Å². The first-order valence-corrected chi connectivity index (χ1v) is 6.86. The van der Waals surface area contributed by atoms with Crippen molar-refractivity contribution >= 4 is 0 Å². The van der Waals surface area contributed by atoms with Crippen LogP contribution >= 0.6 is 0 Å². The number of rotatable bonds is 6. The third-order valence-electron chi connectivity index (χ3n) is 4.18. The predicted octanol–water partition coefficient (Wildman–Crippen LogP) is 1.08. The van der Waals surface area contributed by atoms with Crippen LogP contribution in [0.2, 0.25) is 0 Å². The summed E-state index contributed by atoms with van der Waals surface area (Å²) in [6.45, 7) is 7.04. The van der Waals surface area contributed by atoms with Gasteiger partial charge in [-0.2, -0.15) is 0 Å². The molecule has 1 saturated carbocycles. The van der Waals surface area contributed by atoms with Crippen LogP contribution in [0.4, 0.5) is 0 Å². The van der Waals surface area contributed by atoms with Crippen molar-refractivity contribution in [3.8, 4) is 0 Å². The van der Waals surface area contributed by atoms with E-state index in [0.29, 0.717) is 6.61 Å². The zero-order chi connectivity index (χ0) is 11.4. The van der Waals surface area contributed by atoms with Gasteiger partial charge in [0.15, 0.2) is 0 Å². The normalized spacial score (nSPS) is 25.9. The fourth-order valence-electron chi connectivity index (χ4n) is 2.67. The Hall–Kier alpha value is -0.120. The van der Waals surface area contributed by atoms with Crippen molar-refractivity contribution in [2.24, 2.45) is 11.8 Å². The number of likely N-dealkylation sites (tertiary alicyclic amines) is 1. The van der Waals surface area contributed by atoms with Crippen LogP contribution in [-0.4, -0.2) is 48.8 Å². The molecule has 2 fully saturated rings. The molecule has 94 valence electrons. The lowest BCUT2D eigenvalue weighted by atomic mass is 9.96. The maximum Gasteiger partial charge on any atom is 0.0558 e. The lowest BCUT2D eigenvalue weighted by molar-refractivity contribution is 0.145. The average molecular weight is 226 g/mol. The third kappa shape index (κ3) is 3.72. The van der Waals surface area contributed by atoms with Crippen LogP contribution in [0, 0.1) is 11.8 Å². The van der Waals surface area contributed by atoms with E-state index in [4.69, 9.17) is 5.11 Å². The first-order valence-electron chi connectivity index (χ1n) is 6.86. The third-order valence-corrected chi connectivity index (χ3v) is 4.18. The summed E-state index contributed by atoms with van der Waals surface area (Å²) in [6.07, 6.45) is 5.46. The molecule has 1 aliphatic heterocycles. The highest BCUT2D eigenvalue weighted by atomic mass is 16.3. The second-order valence-electron chi connectivity index (χ2n) is 5.54. The number of hydrogen-bond acceptors (Lipinski definition) is 3. The second-order valence-corrected chi connectivity index (χ2v) is 5.54. The molecular weight excluding hydrogens is 200 g/mol. The molecule has 0 aromatic carbocycles. The van der Waals surface area contributed by atoms with Crippen molar-refractivity contribution in [3.05, 3.63) is 0 Å². The van der Waals surface area contributed by atoms with E-state index >= 15 is 0 Å². The quantitative estimate of drug-likeness (QED) is 0.711. The van der Waals surface area contributed by atoms with Gasteiger partial charge in [0.05, 0.1) is 6.61 Å². The molecule has 0 aromatic heterocycles. The van der Waals surface area contributed by atoms with Crippen molar-refractivity contribution < 1.29 is 5.11 Å². The Labute approximate surface area is 99.2 Å². The Morgan fingerprint density at radius 1 is 1.25 bits per heavy atom. The Morgan fingerprint density at radius 3 is 2.50 bits per heavy atom. The molecule has 16 heavy (non-hydrogen) atoms. The number of β-amino-alcohol motifs (C(OH)–C–C–N with tert-alkyl or cyclic N) is 1. The summed E-state index contributed by atoms with van der Waals surface area (Å²) in [5.41, 5.74) is 0. The van der Waals surface area contributed by atoms with Crippen LogP contribution in [0.25, 0.3) is 0 Å². The zero-order valence-corrected chi connectivity index (χ0v) is 10.5. The van der Waals surface area contributed by atoms with Crippen LogP contribution in [-0.2, 0) is 0 Å². The van der Waals surface area contributed by atoms with E-state index in [1.165, 1.54) is 45.3 Å². The van der Waals surface area contributed by atoms with Crippen LogP contribution in [0.5, 0.6) is 0 Å². The van der Waals surface area contributed by atoms with E-state index in [1.54, 1.807) is 0 Å². The molecule has 2 N–H and O–H groups in total. The summed E-state index contributed by atoms with van der Waals surface area (Å²) in [5.74, 6) is 1.82. The van der Waals surface area contributed by atoms with Gasteiger partial charge in [-0.25, -0.2) is 0 Å². The highest BCUT2D eigenvalue weighted by Crippen LogP contribution is 2.32. The van der Waals surface area contributed by atoms with Crippen LogP contribution < -0.4 is 5.32 Å². The lowest BCUT2D eigenvalue weighted by Crippen LogP contribution is -2.40. The van der Waals surface area contributed by atoms with Gasteiger partial charge in [-0.15, -0.1) is 0 Å². The number of aliphatic hydroxyl groups excluding tert-OH is 1. The summed E-state index contributed by atoms with van der Waals surface area (Å²) in [5, 5.41) is 12.6. The molecule has 1 atom stereocenters. The maximum absolute atomic E-state index is 8.87. The van der Waals surface area contributed by atoms with Gasteiger partial charge in [0.1, 0.15) is 0 Å². The number of hydrogen-bond donors (Lipinski definition) is 2. The van der Waals surface area contributed by atoms with Gasteiger partial charge in [-0.3, -0.25) is 0 Å². The Kier molecular flexibility index (Phi) is 4.62. The fraction of sp³-hybridized carbons (Fsp3) is 1.00. The van der Waals surface area contributed by atoms with Crippen molar-refractivity contribution in [3.63, 3.8) is 0 Å². The SMILES string of the molecule is CC(NCC1CCN(CCO)CC1)C1CC1. The monoisotopic (exact) mass is 226 g/mol. The van der Waals surface area contributed by atoms with E-state index in [2.05, 4.69) is 17.1 Å². The van der Waals surface area contributed by atoms with E-state index in [9.17, 15) is 0 Å². The minimum atomic E-state index is 0.307. The molecule has 1 aliphatic carbocycles. The molecule has 0 aromatic rings. The Balaban J connectivity index is 1.57. The highest BCUT2D eigenvalue weighted by molar-refractivity contribution is 4.84. The van der Waals surface area contributed by atoms with Gasteiger partial charge in [-0.1, -0.05) is 0 Å². The summed E-state index contributed by atoms with van der Waals surface area (Å²) in [7, 11) is 0. The molecule has 3 nitrogen and oxygen atoms in total. The molecule has 0 bridgehead atoms. The van der Waals surface area contributed by atoms with Crippen molar-refractivity contribution in [2.75, 3.05) is 32.8 Å². The number of nitrogens with one attached hydrogen (secondary N) is 1. The van der Waals surface area contributed by atoms with Gasteiger partial charge < -0.3 is 15.3 Å². The summed E-state index contributed by atoms with van der Waals surface area (Å²) >= 11 is 0. The van der Waals surface area contributed by atoms with Crippen LogP contribution in [0.15, 0.2) is 0 Å². The molecule has 1 unspecified atom stereocenters. The predicted molar refractivity (Wildman–Crippen MR) is 66.4 cm³/mol. The van der Waals surface area contributed by atoms with Gasteiger partial charge in [-0.05, 0) is 64.1 Å². The molecule has 0 spiro atoms. The highest BCUT2D eigenvalue weighted by Gasteiger charge is 2.28. The molecule has 3 heteroatoms. The molecule has 1 heterocycles. The first kappa shape index (κ1) is 12.3. The van der Waals surface area contributed by atoms with Gasteiger partial charge in [0.2, 0.25) is 0 Å². The minimum absolute atomic E-state index is 0.307. The molecular formula is C13H26N2O. The maximum atomic E-state index is 8.87. The summed E-state index contributed by atoms with van der Waals surface area (Å²) in [4.78, 5) is 2.38. The molecule has 2 rings (SSSR count). The summed E-state index contributed by atoms with van der Waals surface area (Å²) < 4.78 is 0. The Morgan fingerprint density at radius 2 is 1.94 bits per heavy atom. The number of piperidine rings is 1. The minimum Gasteiger partial charge on any atom is -0.395 e. The van der Waals surface area contributed by atoms with Crippen LogP contribution in [0.1, 0.15) is 32.6 Å². The van der Waals surface area contributed by atoms with Gasteiger partial charge >= 0.3 is 0 Å². The van der Waals surface area contributed by atoms with Gasteiger partial charge in [0, 0.05) is 12.6 Å².